The molecule has 2 rings (SSSR count). The molecule has 0 saturated heterocycles. The molecule has 4 nitrogen and oxygen atoms in total. The largest absolute Gasteiger partial charge is 0.349 e. The molecule has 0 saturated carbocycles. The molecular weight excluding hydrogens is 356 g/mol. The van der Waals surface area contributed by atoms with Gasteiger partial charge >= 0.3 is 0 Å². The first kappa shape index (κ1) is 21.3. The number of benzene rings is 2. The van der Waals surface area contributed by atoms with Gasteiger partial charge < -0.3 is 5.32 Å². The molecule has 0 aromatic heterocycles. The number of amides is 1. The second-order valence-electron chi connectivity index (χ2n) is 7.74. The fourth-order valence-electron chi connectivity index (χ4n) is 2.76. The first-order valence-electron chi connectivity index (χ1n) is 9.36. The Hall–Kier alpha value is -1.98. The highest BCUT2D eigenvalue weighted by molar-refractivity contribution is 7.83. The van der Waals surface area contributed by atoms with Crippen molar-refractivity contribution in [2.24, 2.45) is 5.41 Å². The van der Waals surface area contributed by atoms with Crippen LogP contribution in [-0.2, 0) is 15.8 Å². The van der Waals surface area contributed by atoms with E-state index in [4.69, 9.17) is 0 Å². The Morgan fingerprint density at radius 2 is 1.63 bits per heavy atom. The first-order valence-corrected chi connectivity index (χ1v) is 10.5. The van der Waals surface area contributed by atoms with Gasteiger partial charge in [0.2, 0.25) is 5.91 Å². The highest BCUT2D eigenvalue weighted by Crippen LogP contribution is 2.25. The van der Waals surface area contributed by atoms with Crippen LogP contribution in [0.25, 0.3) is 0 Å². The minimum absolute atomic E-state index is 0.000406. The van der Waals surface area contributed by atoms with Crippen LogP contribution in [0.2, 0.25) is 0 Å². The SMILES string of the molecule is CC[C@@H](NS(=O)c1ccccc1[C@@H](C)NC(=O)C(C)(C)C)c1ccccc1. The normalized spacial score (nSPS) is 15.0. The van der Waals surface area contributed by atoms with Gasteiger partial charge in [-0.25, -0.2) is 8.93 Å². The predicted octanol–water partition coefficient (Wildman–Crippen LogP) is 4.67. The molecule has 27 heavy (non-hydrogen) atoms. The first-order chi connectivity index (χ1) is 12.7. The summed E-state index contributed by atoms with van der Waals surface area (Å²) in [5.74, 6) is -0.0285. The van der Waals surface area contributed by atoms with Gasteiger partial charge in [0.05, 0.1) is 10.9 Å². The van der Waals surface area contributed by atoms with E-state index in [1.165, 1.54) is 0 Å². The van der Waals surface area contributed by atoms with E-state index in [1.54, 1.807) is 0 Å². The second kappa shape index (κ2) is 9.29. The zero-order valence-corrected chi connectivity index (χ0v) is 17.6. The van der Waals surface area contributed by atoms with Crippen LogP contribution >= 0.6 is 0 Å². The molecule has 0 radical (unpaired) electrons. The number of carbonyl (C=O) groups excluding carboxylic acids is 1. The van der Waals surface area contributed by atoms with Crippen LogP contribution in [0.3, 0.4) is 0 Å². The lowest BCUT2D eigenvalue weighted by atomic mass is 9.94. The summed E-state index contributed by atoms with van der Waals surface area (Å²) < 4.78 is 16.3. The van der Waals surface area contributed by atoms with Crippen LogP contribution in [0.1, 0.15) is 64.3 Å². The van der Waals surface area contributed by atoms with E-state index in [9.17, 15) is 9.00 Å². The maximum atomic E-state index is 13.1. The lowest BCUT2D eigenvalue weighted by Gasteiger charge is -2.24. The predicted molar refractivity (Wildman–Crippen MR) is 111 cm³/mol. The molecule has 2 N–H and O–H groups in total. The van der Waals surface area contributed by atoms with Crippen LogP contribution in [0.15, 0.2) is 59.5 Å². The zero-order valence-electron chi connectivity index (χ0n) is 16.8. The minimum atomic E-state index is -1.38. The van der Waals surface area contributed by atoms with Crippen molar-refractivity contribution in [1.29, 1.82) is 0 Å². The molecule has 0 aliphatic rings. The van der Waals surface area contributed by atoms with Gasteiger partial charge in [-0.3, -0.25) is 4.79 Å². The summed E-state index contributed by atoms with van der Waals surface area (Å²) >= 11 is 0. The maximum absolute atomic E-state index is 13.1. The van der Waals surface area contributed by atoms with Gasteiger partial charge in [-0.05, 0) is 30.5 Å². The number of hydrogen-bond acceptors (Lipinski definition) is 2. The monoisotopic (exact) mass is 386 g/mol. The van der Waals surface area contributed by atoms with Gasteiger partial charge in [0.25, 0.3) is 0 Å². The molecule has 5 heteroatoms. The van der Waals surface area contributed by atoms with E-state index < -0.39 is 16.4 Å². The lowest BCUT2D eigenvalue weighted by molar-refractivity contribution is -0.129. The molecule has 0 spiro atoms. The van der Waals surface area contributed by atoms with Crippen LogP contribution in [0, 0.1) is 5.41 Å². The minimum Gasteiger partial charge on any atom is -0.349 e. The van der Waals surface area contributed by atoms with Crippen LogP contribution in [0.5, 0.6) is 0 Å². The van der Waals surface area contributed by atoms with E-state index in [-0.39, 0.29) is 18.0 Å². The third kappa shape index (κ3) is 5.75. The quantitative estimate of drug-likeness (QED) is 0.726. The van der Waals surface area contributed by atoms with Crippen molar-refractivity contribution in [2.75, 3.05) is 0 Å². The van der Waals surface area contributed by atoms with Crippen LogP contribution < -0.4 is 10.0 Å². The third-order valence-electron chi connectivity index (χ3n) is 4.47. The van der Waals surface area contributed by atoms with Gasteiger partial charge in [-0.1, -0.05) is 76.2 Å². The van der Waals surface area contributed by atoms with Crippen molar-refractivity contribution in [2.45, 2.75) is 58.0 Å². The Labute approximate surface area is 165 Å². The maximum Gasteiger partial charge on any atom is 0.225 e. The molecular formula is C22H30N2O2S. The van der Waals surface area contributed by atoms with Gasteiger partial charge in [-0.15, -0.1) is 0 Å². The van der Waals surface area contributed by atoms with Crippen molar-refractivity contribution >= 4 is 16.9 Å². The number of rotatable bonds is 7. The molecule has 1 amide bonds. The van der Waals surface area contributed by atoms with Gasteiger partial charge in [-0.2, -0.15) is 0 Å². The Morgan fingerprint density at radius 3 is 2.22 bits per heavy atom. The topological polar surface area (TPSA) is 58.2 Å². The van der Waals surface area contributed by atoms with Crippen LogP contribution in [0.4, 0.5) is 0 Å². The van der Waals surface area contributed by atoms with E-state index in [1.807, 2.05) is 82.3 Å². The summed E-state index contributed by atoms with van der Waals surface area (Å²) in [7, 11) is -1.38. The summed E-state index contributed by atoms with van der Waals surface area (Å²) in [4.78, 5) is 13.0. The van der Waals surface area contributed by atoms with E-state index in [2.05, 4.69) is 17.0 Å². The van der Waals surface area contributed by atoms with Gasteiger partial charge in [0.15, 0.2) is 0 Å². The summed E-state index contributed by atoms with van der Waals surface area (Å²) in [5, 5.41) is 3.03. The Morgan fingerprint density at radius 1 is 1.04 bits per heavy atom. The molecule has 1 unspecified atom stereocenters. The fraction of sp³-hybridized carbons (Fsp3) is 0.409. The molecule has 2 aromatic rings. The lowest BCUT2D eigenvalue weighted by Crippen LogP contribution is -2.37. The molecule has 0 heterocycles. The van der Waals surface area contributed by atoms with Crippen molar-refractivity contribution < 1.29 is 9.00 Å². The standard InChI is InChI=1S/C22H30N2O2S/c1-6-19(17-12-8-7-9-13-17)24-27(26)20-15-11-10-14-18(20)16(2)23-21(25)22(3,4)5/h7-16,19,24H,6H2,1-5H3,(H,23,25)/t16-,19-,27?/m1/s1. The molecule has 2 aromatic carbocycles. The van der Waals surface area contributed by atoms with E-state index in [0.717, 1.165) is 17.5 Å². The summed E-state index contributed by atoms with van der Waals surface area (Å²) in [6.45, 7) is 9.64. The average Bonchev–Trinajstić information content (AvgIpc) is 2.65. The second-order valence-corrected chi connectivity index (χ2v) is 8.95. The summed E-state index contributed by atoms with van der Waals surface area (Å²) in [5.41, 5.74) is 1.50. The molecule has 0 aliphatic heterocycles. The molecule has 0 bridgehead atoms. The summed E-state index contributed by atoms with van der Waals surface area (Å²) in [6, 6.07) is 17.4. The Bertz CT molecular complexity index is 784. The Kier molecular flexibility index (Phi) is 7.33. The highest BCUT2D eigenvalue weighted by Gasteiger charge is 2.25. The summed E-state index contributed by atoms with van der Waals surface area (Å²) in [6.07, 6.45) is 0.828. The molecule has 0 aliphatic carbocycles. The fourth-order valence-corrected chi connectivity index (χ4v) is 4.11. The molecule has 0 fully saturated rings. The Balaban J connectivity index is 2.21. The average molecular weight is 387 g/mol. The van der Waals surface area contributed by atoms with Gasteiger partial charge in [0, 0.05) is 11.5 Å². The van der Waals surface area contributed by atoms with Crippen molar-refractivity contribution in [3.63, 3.8) is 0 Å². The third-order valence-corrected chi connectivity index (χ3v) is 5.74. The van der Waals surface area contributed by atoms with E-state index in [0.29, 0.717) is 4.90 Å². The molecule has 3 atom stereocenters. The van der Waals surface area contributed by atoms with Crippen molar-refractivity contribution in [3.8, 4) is 0 Å². The molecule has 146 valence electrons. The smallest absolute Gasteiger partial charge is 0.225 e. The van der Waals surface area contributed by atoms with Crippen molar-refractivity contribution in [3.05, 3.63) is 65.7 Å². The van der Waals surface area contributed by atoms with E-state index >= 15 is 0 Å². The zero-order chi connectivity index (χ0) is 20.0. The van der Waals surface area contributed by atoms with Crippen molar-refractivity contribution in [1.82, 2.24) is 10.0 Å². The number of nitrogens with one attached hydrogen (secondary N) is 2. The number of hydrogen-bond donors (Lipinski definition) is 2. The van der Waals surface area contributed by atoms with Crippen LogP contribution in [-0.4, -0.2) is 10.1 Å². The van der Waals surface area contributed by atoms with Gasteiger partial charge in [0.1, 0.15) is 11.0 Å². The highest BCUT2D eigenvalue weighted by atomic mass is 32.2. The number of carbonyl (C=O) groups is 1.